The van der Waals surface area contributed by atoms with Crippen molar-refractivity contribution >= 4 is 41.1 Å². The van der Waals surface area contributed by atoms with Crippen LogP contribution in [0.4, 0.5) is 4.79 Å². The van der Waals surface area contributed by atoms with Crippen molar-refractivity contribution in [2.75, 3.05) is 6.54 Å². The molecule has 1 aliphatic heterocycles. The lowest BCUT2D eigenvalue weighted by molar-refractivity contribution is -0.149. The van der Waals surface area contributed by atoms with Gasteiger partial charge < -0.3 is 10.1 Å². The predicted octanol–water partition coefficient (Wildman–Crippen LogP) is 4.17. The summed E-state index contributed by atoms with van der Waals surface area (Å²) in [6, 6.07) is 4.36. The van der Waals surface area contributed by atoms with Crippen molar-refractivity contribution in [1.82, 2.24) is 10.2 Å². The van der Waals surface area contributed by atoms with Crippen molar-refractivity contribution < 1.29 is 19.1 Å². The van der Waals surface area contributed by atoms with Crippen LogP contribution in [-0.2, 0) is 20.9 Å². The molecule has 1 saturated heterocycles. The summed E-state index contributed by atoms with van der Waals surface area (Å²) in [4.78, 5) is 38.6. The molecule has 1 spiro atoms. The number of halogens is 2. The van der Waals surface area contributed by atoms with Gasteiger partial charge in [0.2, 0.25) is 0 Å². The van der Waals surface area contributed by atoms with Crippen LogP contribution in [0.15, 0.2) is 18.2 Å². The van der Waals surface area contributed by atoms with Crippen LogP contribution in [0.2, 0.25) is 10.0 Å². The average molecular weight is 427 g/mol. The molecule has 2 unspecified atom stereocenters. The number of imide groups is 1. The fourth-order valence-electron chi connectivity index (χ4n) is 4.62. The van der Waals surface area contributed by atoms with Crippen molar-refractivity contribution in [2.45, 2.75) is 52.2 Å². The van der Waals surface area contributed by atoms with Crippen LogP contribution < -0.4 is 5.32 Å². The van der Waals surface area contributed by atoms with E-state index in [-0.39, 0.29) is 17.9 Å². The topological polar surface area (TPSA) is 75.7 Å². The van der Waals surface area contributed by atoms with E-state index in [1.54, 1.807) is 18.2 Å². The molecule has 1 N–H and O–H groups in total. The summed E-state index contributed by atoms with van der Waals surface area (Å²) in [5.41, 5.74) is -0.327. The molecule has 1 aromatic carbocycles. The number of carbonyl (C=O) groups is 3. The fraction of sp³-hybridized carbons (Fsp3) is 0.550. The Labute approximate surface area is 174 Å². The number of urea groups is 1. The van der Waals surface area contributed by atoms with Crippen LogP contribution in [0.5, 0.6) is 0 Å². The highest BCUT2D eigenvalue weighted by molar-refractivity contribution is 6.42. The van der Waals surface area contributed by atoms with Gasteiger partial charge in [0.05, 0.1) is 10.0 Å². The Morgan fingerprint density at radius 1 is 1.25 bits per heavy atom. The maximum absolute atomic E-state index is 13.0. The SMILES string of the molecule is CC1CC(C)(C)CC2(C1)NC(=O)N(CC(=O)OCc1ccc(Cl)c(Cl)c1)C2=O. The Bertz CT molecular complexity index is 826. The minimum absolute atomic E-state index is 0.0193. The number of carbonyl (C=O) groups excluding carboxylic acids is 3. The van der Waals surface area contributed by atoms with Gasteiger partial charge in [-0.25, -0.2) is 4.79 Å². The molecule has 6 nitrogen and oxygen atoms in total. The van der Waals surface area contributed by atoms with E-state index in [9.17, 15) is 14.4 Å². The van der Waals surface area contributed by atoms with E-state index < -0.39 is 24.1 Å². The van der Waals surface area contributed by atoms with Gasteiger partial charge in [0, 0.05) is 0 Å². The first kappa shape index (κ1) is 20.9. The van der Waals surface area contributed by atoms with Gasteiger partial charge in [-0.3, -0.25) is 14.5 Å². The highest BCUT2D eigenvalue weighted by Crippen LogP contribution is 2.46. The molecule has 0 radical (unpaired) electrons. The zero-order valence-electron chi connectivity index (χ0n) is 16.2. The fourth-order valence-corrected chi connectivity index (χ4v) is 4.94. The Morgan fingerprint density at radius 3 is 2.61 bits per heavy atom. The van der Waals surface area contributed by atoms with Crippen molar-refractivity contribution in [2.24, 2.45) is 11.3 Å². The molecule has 2 atom stereocenters. The van der Waals surface area contributed by atoms with E-state index >= 15 is 0 Å². The first-order valence-corrected chi connectivity index (χ1v) is 10.0. The number of hydrogen-bond acceptors (Lipinski definition) is 4. The van der Waals surface area contributed by atoms with Crippen molar-refractivity contribution in [3.05, 3.63) is 33.8 Å². The van der Waals surface area contributed by atoms with Crippen LogP contribution in [0.1, 0.15) is 45.6 Å². The summed E-state index contributed by atoms with van der Waals surface area (Å²) >= 11 is 11.8. The zero-order valence-corrected chi connectivity index (χ0v) is 17.7. The van der Waals surface area contributed by atoms with Crippen molar-refractivity contribution in [3.8, 4) is 0 Å². The summed E-state index contributed by atoms with van der Waals surface area (Å²) in [6.45, 7) is 5.84. The third-order valence-electron chi connectivity index (χ3n) is 5.30. The van der Waals surface area contributed by atoms with Gasteiger partial charge in [-0.05, 0) is 48.3 Å². The van der Waals surface area contributed by atoms with Gasteiger partial charge in [0.25, 0.3) is 5.91 Å². The minimum atomic E-state index is -0.928. The Balaban J connectivity index is 1.64. The second-order valence-corrected chi connectivity index (χ2v) is 9.48. The Morgan fingerprint density at radius 2 is 1.96 bits per heavy atom. The smallest absolute Gasteiger partial charge is 0.326 e. The van der Waals surface area contributed by atoms with Gasteiger partial charge in [-0.1, -0.05) is 50.0 Å². The number of benzene rings is 1. The Hall–Kier alpha value is -1.79. The number of amides is 3. The van der Waals surface area contributed by atoms with E-state index in [0.717, 1.165) is 11.3 Å². The molecule has 152 valence electrons. The molecule has 3 amide bonds. The highest BCUT2D eigenvalue weighted by Gasteiger charge is 2.56. The van der Waals surface area contributed by atoms with E-state index in [2.05, 4.69) is 26.1 Å². The van der Waals surface area contributed by atoms with E-state index in [0.29, 0.717) is 34.4 Å². The minimum Gasteiger partial charge on any atom is -0.459 e. The number of nitrogens with zero attached hydrogens (tertiary/aromatic N) is 1. The largest absolute Gasteiger partial charge is 0.459 e. The maximum atomic E-state index is 13.0. The van der Waals surface area contributed by atoms with Crippen LogP contribution in [-0.4, -0.2) is 34.9 Å². The molecule has 8 heteroatoms. The van der Waals surface area contributed by atoms with E-state index in [1.807, 2.05) is 0 Å². The molecule has 0 aromatic heterocycles. The summed E-state index contributed by atoms with van der Waals surface area (Å²) in [5, 5.41) is 3.62. The van der Waals surface area contributed by atoms with Gasteiger partial charge in [0.15, 0.2) is 0 Å². The maximum Gasteiger partial charge on any atom is 0.326 e. The van der Waals surface area contributed by atoms with Gasteiger partial charge in [0.1, 0.15) is 18.7 Å². The Kier molecular flexibility index (Phi) is 5.65. The number of esters is 1. The third-order valence-corrected chi connectivity index (χ3v) is 6.03. The molecule has 1 saturated carbocycles. The van der Waals surface area contributed by atoms with Crippen LogP contribution in [0.25, 0.3) is 0 Å². The zero-order chi connectivity index (χ0) is 20.7. The standard InChI is InChI=1S/C20H24Cl2N2O4/c1-12-7-19(2,3)11-20(8-12)17(26)24(18(27)23-20)9-16(25)28-10-13-4-5-14(21)15(22)6-13/h4-6,12H,7-11H2,1-3H3,(H,23,27). The predicted molar refractivity (Wildman–Crippen MR) is 106 cm³/mol. The summed E-state index contributed by atoms with van der Waals surface area (Å²) < 4.78 is 5.20. The second kappa shape index (κ2) is 7.56. The quantitative estimate of drug-likeness (QED) is 0.578. The van der Waals surface area contributed by atoms with Crippen LogP contribution in [0, 0.1) is 11.3 Å². The lowest BCUT2D eigenvalue weighted by atomic mass is 9.64. The van der Waals surface area contributed by atoms with Crippen LogP contribution >= 0.6 is 23.2 Å². The van der Waals surface area contributed by atoms with Gasteiger partial charge in [-0.15, -0.1) is 0 Å². The average Bonchev–Trinajstić information content (AvgIpc) is 2.77. The summed E-state index contributed by atoms with van der Waals surface area (Å²) in [5.74, 6) is -0.701. The molecular weight excluding hydrogens is 403 g/mol. The monoisotopic (exact) mass is 426 g/mol. The molecule has 2 aliphatic rings. The molecule has 3 rings (SSSR count). The molecule has 0 bridgehead atoms. The summed E-state index contributed by atoms with van der Waals surface area (Å²) in [6.07, 6.45) is 2.13. The molecule has 2 fully saturated rings. The molecule has 28 heavy (non-hydrogen) atoms. The molecule has 1 aromatic rings. The van der Waals surface area contributed by atoms with Crippen LogP contribution in [0.3, 0.4) is 0 Å². The molecule has 1 heterocycles. The molecule has 1 aliphatic carbocycles. The number of rotatable bonds is 4. The lowest BCUT2D eigenvalue weighted by Gasteiger charge is -2.43. The lowest BCUT2D eigenvalue weighted by Crippen LogP contribution is -2.54. The van der Waals surface area contributed by atoms with E-state index in [1.165, 1.54) is 0 Å². The van der Waals surface area contributed by atoms with Gasteiger partial charge >= 0.3 is 12.0 Å². The number of hydrogen-bond donors (Lipinski definition) is 1. The first-order valence-electron chi connectivity index (χ1n) is 9.25. The molecular formula is C20H24Cl2N2O4. The third kappa shape index (κ3) is 4.28. The number of nitrogens with one attached hydrogen (secondary N) is 1. The number of ether oxygens (including phenoxy) is 1. The normalized spacial score (nSPS) is 26.5. The van der Waals surface area contributed by atoms with Gasteiger partial charge in [-0.2, -0.15) is 0 Å². The second-order valence-electron chi connectivity index (χ2n) is 8.67. The van der Waals surface area contributed by atoms with Crippen molar-refractivity contribution in [1.29, 1.82) is 0 Å². The highest BCUT2D eigenvalue weighted by atomic mass is 35.5. The first-order chi connectivity index (χ1) is 13.0. The van der Waals surface area contributed by atoms with Crippen molar-refractivity contribution in [3.63, 3.8) is 0 Å². The summed E-state index contributed by atoms with van der Waals surface area (Å²) in [7, 11) is 0. The van der Waals surface area contributed by atoms with E-state index in [4.69, 9.17) is 27.9 Å².